The molecule has 1 rings (SSSR count). The Hall–Kier alpha value is -1.78. The maximum atomic E-state index is 11.8. The minimum absolute atomic E-state index is 0.0515. The number of nitrogens with two attached hydrogens (primary N) is 1. The smallest absolute Gasteiger partial charge is 0.241 e. The summed E-state index contributed by atoms with van der Waals surface area (Å²) < 4.78 is 22.6. The molecular formula is C17H29N5O3S2. The highest BCUT2D eigenvalue weighted by Crippen LogP contribution is 2.09. The lowest BCUT2D eigenvalue weighted by molar-refractivity contribution is -0.127. The van der Waals surface area contributed by atoms with Gasteiger partial charge in [0.25, 0.3) is 0 Å². The van der Waals surface area contributed by atoms with E-state index in [1.807, 2.05) is 11.8 Å². The van der Waals surface area contributed by atoms with E-state index in [1.165, 1.54) is 17.0 Å². The number of carbonyl (C=O) groups excluding carboxylic acids is 1. The summed E-state index contributed by atoms with van der Waals surface area (Å²) in [7, 11) is -0.305. The Bertz CT molecular complexity index is 719. The standard InChI is InChI=1S/C17H29N5O3S2/c1-22(2)16(23)13-21-17(19-10-4-5-11-26-3)20-12-14-6-8-15(9-7-14)27(18,24)25/h6-9H,4-5,10-13H2,1-3H3,(H2,18,24,25)(H2,19,20,21). The number of amides is 1. The van der Waals surface area contributed by atoms with Gasteiger partial charge in [-0.3, -0.25) is 4.79 Å². The molecule has 152 valence electrons. The van der Waals surface area contributed by atoms with Crippen molar-refractivity contribution < 1.29 is 13.2 Å². The summed E-state index contributed by atoms with van der Waals surface area (Å²) in [6, 6.07) is 6.26. The molecule has 0 heterocycles. The summed E-state index contributed by atoms with van der Waals surface area (Å²) in [5.41, 5.74) is 0.838. The monoisotopic (exact) mass is 415 g/mol. The minimum atomic E-state index is -3.70. The summed E-state index contributed by atoms with van der Waals surface area (Å²) >= 11 is 1.81. The van der Waals surface area contributed by atoms with Gasteiger partial charge in [0.05, 0.1) is 18.0 Å². The molecule has 0 aromatic heterocycles. The van der Waals surface area contributed by atoms with Gasteiger partial charge in [-0.2, -0.15) is 11.8 Å². The fourth-order valence-electron chi connectivity index (χ4n) is 2.02. The first kappa shape index (κ1) is 23.3. The molecule has 0 spiro atoms. The van der Waals surface area contributed by atoms with Crippen molar-refractivity contribution in [3.63, 3.8) is 0 Å². The lowest BCUT2D eigenvalue weighted by atomic mass is 10.2. The van der Waals surface area contributed by atoms with Crippen LogP contribution in [0.2, 0.25) is 0 Å². The molecule has 27 heavy (non-hydrogen) atoms. The molecule has 1 aromatic carbocycles. The van der Waals surface area contributed by atoms with Gasteiger partial charge in [0, 0.05) is 20.6 Å². The van der Waals surface area contributed by atoms with Crippen molar-refractivity contribution in [2.24, 2.45) is 10.1 Å². The van der Waals surface area contributed by atoms with Gasteiger partial charge in [-0.05, 0) is 42.5 Å². The SMILES string of the molecule is CSCCCCNC(=NCc1ccc(S(N)(=O)=O)cc1)NCC(=O)N(C)C. The Kier molecular flexibility index (Phi) is 10.2. The van der Waals surface area contributed by atoms with E-state index in [1.54, 1.807) is 26.2 Å². The molecule has 0 saturated carbocycles. The molecule has 0 radical (unpaired) electrons. The highest BCUT2D eigenvalue weighted by atomic mass is 32.2. The highest BCUT2D eigenvalue weighted by Gasteiger charge is 2.08. The molecule has 0 aliphatic rings. The molecule has 0 aliphatic heterocycles. The van der Waals surface area contributed by atoms with E-state index >= 15 is 0 Å². The quantitative estimate of drug-likeness (QED) is 0.293. The van der Waals surface area contributed by atoms with Crippen LogP contribution in [0.15, 0.2) is 34.2 Å². The predicted molar refractivity (Wildman–Crippen MR) is 111 cm³/mol. The molecule has 0 fully saturated rings. The second kappa shape index (κ2) is 11.8. The van der Waals surface area contributed by atoms with Crippen molar-refractivity contribution in [2.75, 3.05) is 39.2 Å². The van der Waals surface area contributed by atoms with E-state index in [4.69, 9.17) is 5.14 Å². The molecule has 4 N–H and O–H groups in total. The van der Waals surface area contributed by atoms with Crippen molar-refractivity contribution in [1.82, 2.24) is 15.5 Å². The van der Waals surface area contributed by atoms with Crippen molar-refractivity contribution in [1.29, 1.82) is 0 Å². The third-order valence-corrected chi connectivity index (χ3v) is 5.27. The zero-order valence-electron chi connectivity index (χ0n) is 16.1. The average Bonchev–Trinajstić information content (AvgIpc) is 2.62. The Morgan fingerprint density at radius 2 is 1.85 bits per heavy atom. The highest BCUT2D eigenvalue weighted by molar-refractivity contribution is 7.98. The number of primary sulfonamides is 1. The van der Waals surface area contributed by atoms with Crippen LogP contribution in [0.3, 0.4) is 0 Å². The third-order valence-electron chi connectivity index (χ3n) is 3.65. The number of guanidine groups is 1. The number of thioether (sulfide) groups is 1. The first-order valence-corrected chi connectivity index (χ1v) is 11.5. The van der Waals surface area contributed by atoms with E-state index < -0.39 is 10.0 Å². The van der Waals surface area contributed by atoms with Crippen LogP contribution < -0.4 is 15.8 Å². The van der Waals surface area contributed by atoms with Crippen molar-refractivity contribution >= 4 is 33.7 Å². The minimum Gasteiger partial charge on any atom is -0.356 e. The van der Waals surface area contributed by atoms with Crippen LogP contribution in [0.1, 0.15) is 18.4 Å². The third kappa shape index (κ3) is 9.64. The number of unbranched alkanes of at least 4 members (excludes halogenated alkanes) is 1. The number of carbonyl (C=O) groups is 1. The lowest BCUT2D eigenvalue weighted by Crippen LogP contribution is -2.43. The van der Waals surface area contributed by atoms with Gasteiger partial charge in [0.1, 0.15) is 0 Å². The number of benzene rings is 1. The number of hydrogen-bond acceptors (Lipinski definition) is 5. The fourth-order valence-corrected chi connectivity index (χ4v) is 3.03. The molecule has 0 bridgehead atoms. The van der Waals surface area contributed by atoms with Gasteiger partial charge in [0.2, 0.25) is 15.9 Å². The maximum absolute atomic E-state index is 11.8. The second-order valence-corrected chi connectivity index (χ2v) is 8.67. The van der Waals surface area contributed by atoms with Gasteiger partial charge in [-0.15, -0.1) is 0 Å². The van der Waals surface area contributed by atoms with Crippen molar-refractivity contribution in [3.8, 4) is 0 Å². The first-order chi connectivity index (χ1) is 12.7. The van der Waals surface area contributed by atoms with E-state index in [2.05, 4.69) is 21.9 Å². The molecule has 0 unspecified atom stereocenters. The number of likely N-dealkylation sites (N-methyl/N-ethyl adjacent to an activating group) is 1. The summed E-state index contributed by atoms with van der Waals surface area (Å²) in [5.74, 6) is 1.60. The van der Waals surface area contributed by atoms with Gasteiger partial charge in [-0.25, -0.2) is 18.5 Å². The summed E-state index contributed by atoms with van der Waals surface area (Å²) in [5, 5.41) is 11.3. The Morgan fingerprint density at radius 1 is 1.19 bits per heavy atom. The van der Waals surface area contributed by atoms with Crippen LogP contribution in [0, 0.1) is 0 Å². The number of nitrogens with zero attached hydrogens (tertiary/aromatic N) is 2. The number of nitrogens with one attached hydrogen (secondary N) is 2. The molecule has 1 aromatic rings. The second-order valence-electron chi connectivity index (χ2n) is 6.12. The van der Waals surface area contributed by atoms with Gasteiger partial charge in [-0.1, -0.05) is 12.1 Å². The molecule has 0 aliphatic carbocycles. The van der Waals surface area contributed by atoms with E-state index in [-0.39, 0.29) is 17.3 Å². The summed E-state index contributed by atoms with van der Waals surface area (Å²) in [6.07, 6.45) is 4.19. The normalized spacial score (nSPS) is 11.9. The Balaban J connectivity index is 2.69. The number of aliphatic imine (C=N–C) groups is 1. The van der Waals surface area contributed by atoms with Gasteiger partial charge < -0.3 is 15.5 Å². The zero-order valence-corrected chi connectivity index (χ0v) is 17.7. The van der Waals surface area contributed by atoms with Crippen LogP contribution in [0.5, 0.6) is 0 Å². The van der Waals surface area contributed by atoms with Crippen LogP contribution in [-0.2, 0) is 21.4 Å². The summed E-state index contributed by atoms with van der Waals surface area (Å²) in [4.78, 5) is 17.8. The maximum Gasteiger partial charge on any atom is 0.241 e. The molecule has 10 heteroatoms. The molecule has 1 amide bonds. The fraction of sp³-hybridized carbons (Fsp3) is 0.529. The average molecular weight is 416 g/mol. The summed E-state index contributed by atoms with van der Waals surface area (Å²) in [6.45, 7) is 1.25. The van der Waals surface area contributed by atoms with Gasteiger partial charge >= 0.3 is 0 Å². The van der Waals surface area contributed by atoms with E-state index in [0.29, 0.717) is 12.5 Å². The van der Waals surface area contributed by atoms with Crippen LogP contribution in [-0.4, -0.2) is 64.4 Å². The molecule has 0 atom stereocenters. The molecule has 8 nitrogen and oxygen atoms in total. The van der Waals surface area contributed by atoms with Crippen LogP contribution >= 0.6 is 11.8 Å². The Morgan fingerprint density at radius 3 is 2.41 bits per heavy atom. The Labute approximate surface area is 166 Å². The van der Waals surface area contributed by atoms with Crippen molar-refractivity contribution in [3.05, 3.63) is 29.8 Å². The van der Waals surface area contributed by atoms with Crippen LogP contribution in [0.25, 0.3) is 0 Å². The topological polar surface area (TPSA) is 117 Å². The van der Waals surface area contributed by atoms with E-state index in [9.17, 15) is 13.2 Å². The number of sulfonamides is 1. The largest absolute Gasteiger partial charge is 0.356 e. The van der Waals surface area contributed by atoms with E-state index in [0.717, 1.165) is 30.7 Å². The zero-order chi connectivity index (χ0) is 20.3. The van der Waals surface area contributed by atoms with Crippen LogP contribution in [0.4, 0.5) is 0 Å². The number of hydrogen-bond donors (Lipinski definition) is 3. The molecular weight excluding hydrogens is 386 g/mol. The predicted octanol–water partition coefficient (Wildman–Crippen LogP) is 0.601. The first-order valence-electron chi connectivity index (χ1n) is 8.57. The number of rotatable bonds is 10. The molecule has 0 saturated heterocycles. The van der Waals surface area contributed by atoms with Gasteiger partial charge in [0.15, 0.2) is 5.96 Å². The lowest BCUT2D eigenvalue weighted by Gasteiger charge is -2.15. The van der Waals surface area contributed by atoms with Crippen molar-refractivity contribution in [2.45, 2.75) is 24.3 Å².